The Morgan fingerprint density at radius 3 is 2.50 bits per heavy atom. The Labute approximate surface area is 221 Å². The topological polar surface area (TPSA) is 40.5 Å². The summed E-state index contributed by atoms with van der Waals surface area (Å²) < 4.78 is 2.51. The number of fused-ring (bicyclic) bond motifs is 4. The van der Waals surface area contributed by atoms with Crippen molar-refractivity contribution < 1.29 is 9.90 Å². The van der Waals surface area contributed by atoms with Crippen LogP contribution in [-0.2, 0) is 4.79 Å². The molecule has 1 aliphatic heterocycles. The number of hydrogen-bond acceptors (Lipinski definition) is 4. The van der Waals surface area contributed by atoms with Crippen LogP contribution < -0.4 is 0 Å². The van der Waals surface area contributed by atoms with E-state index in [1.54, 1.807) is 12.5 Å². The highest BCUT2D eigenvalue weighted by atomic mass is 32.2. The van der Waals surface area contributed by atoms with E-state index in [0.717, 1.165) is 38.5 Å². The van der Waals surface area contributed by atoms with E-state index in [-0.39, 0.29) is 11.5 Å². The van der Waals surface area contributed by atoms with Crippen molar-refractivity contribution in [1.82, 2.24) is 4.31 Å². The van der Waals surface area contributed by atoms with Crippen molar-refractivity contribution in [2.24, 2.45) is 17.3 Å². The molecule has 0 radical (unpaired) electrons. The number of terminal acetylenes is 1. The summed E-state index contributed by atoms with van der Waals surface area (Å²) in [4.78, 5) is 13.5. The second-order valence-electron chi connectivity index (χ2n) is 11.6. The standard InChI is InChI=1S/C29H37NO2S.C3H4/c1-29-18-25(19-5-9-22(10-6-19)33-30-15-3-2-4-16-30)28-23-12-8-21(31)17-20(23)7-11-24(28)26(29)13-14-27(29)32;1-3-2/h5-6,9-10,17,24-27,32H,2-4,7-8,11-16,18H2,1H3;1H,2H3. The lowest BCUT2D eigenvalue weighted by Gasteiger charge is -2.52. The van der Waals surface area contributed by atoms with Gasteiger partial charge in [-0.05, 0) is 122 Å². The Balaban J connectivity index is 0.000000848. The summed E-state index contributed by atoms with van der Waals surface area (Å²) in [5.74, 6) is 4.07. The van der Waals surface area contributed by atoms with E-state index in [9.17, 15) is 9.90 Å². The Hall–Kier alpha value is -1.80. The Morgan fingerprint density at radius 1 is 1.06 bits per heavy atom. The summed E-state index contributed by atoms with van der Waals surface area (Å²) in [5, 5.41) is 11.1. The van der Waals surface area contributed by atoms with Gasteiger partial charge in [-0.1, -0.05) is 31.1 Å². The highest BCUT2D eigenvalue weighted by molar-refractivity contribution is 7.97. The Morgan fingerprint density at radius 2 is 1.78 bits per heavy atom. The first-order valence-electron chi connectivity index (χ1n) is 14.0. The summed E-state index contributed by atoms with van der Waals surface area (Å²) in [7, 11) is 0. The van der Waals surface area contributed by atoms with Gasteiger partial charge in [-0.15, -0.1) is 12.3 Å². The van der Waals surface area contributed by atoms with Gasteiger partial charge in [-0.2, -0.15) is 0 Å². The van der Waals surface area contributed by atoms with Crippen LogP contribution in [0.15, 0.2) is 52.0 Å². The van der Waals surface area contributed by atoms with Gasteiger partial charge >= 0.3 is 0 Å². The number of aliphatic hydroxyl groups is 1. The van der Waals surface area contributed by atoms with Crippen LogP contribution in [0.5, 0.6) is 0 Å². The maximum Gasteiger partial charge on any atom is 0.156 e. The largest absolute Gasteiger partial charge is 0.393 e. The average Bonchev–Trinajstić information content (AvgIpc) is 3.19. The summed E-state index contributed by atoms with van der Waals surface area (Å²) >= 11 is 1.91. The molecule has 4 heteroatoms. The normalized spacial score (nSPS) is 33.9. The number of aliphatic hydroxyl groups excluding tert-OH is 1. The number of ketones is 1. The highest BCUT2D eigenvalue weighted by Crippen LogP contribution is 2.63. The molecule has 4 aliphatic carbocycles. The molecule has 3 fully saturated rings. The van der Waals surface area contributed by atoms with Crippen molar-refractivity contribution in [2.75, 3.05) is 13.1 Å². The molecule has 192 valence electrons. The fourth-order valence-corrected chi connectivity index (χ4v) is 8.79. The van der Waals surface area contributed by atoms with Gasteiger partial charge in [0.1, 0.15) is 0 Å². The van der Waals surface area contributed by atoms with Crippen LogP contribution in [0.4, 0.5) is 0 Å². The molecular formula is C32H41NO2S. The van der Waals surface area contributed by atoms with E-state index < -0.39 is 0 Å². The summed E-state index contributed by atoms with van der Waals surface area (Å²) in [5.41, 5.74) is 5.87. The van der Waals surface area contributed by atoms with E-state index in [0.29, 0.717) is 30.0 Å². The summed E-state index contributed by atoms with van der Waals surface area (Å²) in [6.07, 6.45) is 17.2. The van der Waals surface area contributed by atoms with Crippen molar-refractivity contribution in [3.63, 3.8) is 0 Å². The second kappa shape index (κ2) is 10.9. The maximum atomic E-state index is 12.2. The van der Waals surface area contributed by atoms with Crippen LogP contribution in [0.3, 0.4) is 0 Å². The Kier molecular flexibility index (Phi) is 7.82. The molecule has 6 rings (SSSR count). The molecule has 1 aromatic rings. The summed E-state index contributed by atoms with van der Waals surface area (Å²) in [6, 6.07) is 9.35. The van der Waals surface area contributed by atoms with Gasteiger partial charge in [0.25, 0.3) is 0 Å². The monoisotopic (exact) mass is 503 g/mol. The summed E-state index contributed by atoms with van der Waals surface area (Å²) in [6.45, 7) is 6.40. The zero-order valence-corrected chi connectivity index (χ0v) is 22.8. The number of nitrogens with zero attached hydrogens (tertiary/aromatic N) is 1. The minimum atomic E-state index is -0.185. The zero-order chi connectivity index (χ0) is 25.3. The highest BCUT2D eigenvalue weighted by Gasteiger charge is 2.56. The van der Waals surface area contributed by atoms with Gasteiger partial charge in [-0.25, -0.2) is 4.31 Å². The molecule has 1 aromatic carbocycles. The molecule has 2 saturated carbocycles. The lowest BCUT2D eigenvalue weighted by molar-refractivity contribution is -0.114. The van der Waals surface area contributed by atoms with Crippen molar-refractivity contribution >= 4 is 17.7 Å². The van der Waals surface area contributed by atoms with E-state index in [2.05, 4.69) is 47.8 Å². The zero-order valence-electron chi connectivity index (χ0n) is 22.0. The number of carbonyl (C=O) groups excluding carboxylic acids is 1. The second-order valence-corrected chi connectivity index (χ2v) is 12.8. The predicted octanol–water partition coefficient (Wildman–Crippen LogP) is 7.08. The van der Waals surface area contributed by atoms with Crippen LogP contribution in [-0.4, -0.2) is 34.4 Å². The lowest BCUT2D eigenvalue weighted by atomic mass is 9.53. The third-order valence-corrected chi connectivity index (χ3v) is 10.6. The first kappa shape index (κ1) is 25.8. The molecule has 0 spiro atoms. The quantitative estimate of drug-likeness (QED) is 0.353. The van der Waals surface area contributed by atoms with Gasteiger partial charge in [-0.3, -0.25) is 4.79 Å². The SMILES string of the molecule is C#CC.CC12CC(c3ccc(SN4CCCCC4)cc3)C3=C4CCC(=O)C=C4CCC3C1CCC2O. The minimum Gasteiger partial charge on any atom is -0.393 e. The van der Waals surface area contributed by atoms with Crippen LogP contribution >= 0.6 is 11.9 Å². The fraction of sp³-hybridized carbons (Fsp3) is 0.594. The molecule has 36 heavy (non-hydrogen) atoms. The third kappa shape index (κ3) is 4.87. The molecule has 5 atom stereocenters. The number of piperidine rings is 1. The smallest absolute Gasteiger partial charge is 0.156 e. The molecule has 3 nitrogen and oxygen atoms in total. The van der Waals surface area contributed by atoms with Crippen LogP contribution in [0.1, 0.15) is 89.5 Å². The number of rotatable bonds is 3. The van der Waals surface area contributed by atoms with Gasteiger partial charge < -0.3 is 5.11 Å². The number of benzene rings is 1. The van der Waals surface area contributed by atoms with Crippen LogP contribution in [0.25, 0.3) is 0 Å². The lowest BCUT2D eigenvalue weighted by Crippen LogP contribution is -2.45. The van der Waals surface area contributed by atoms with Crippen molar-refractivity contribution in [1.29, 1.82) is 0 Å². The predicted molar refractivity (Wildman–Crippen MR) is 148 cm³/mol. The van der Waals surface area contributed by atoms with Gasteiger partial charge in [0.05, 0.1) is 6.10 Å². The maximum absolute atomic E-state index is 12.2. The molecule has 5 aliphatic rings. The number of carbonyl (C=O) groups is 1. The first-order valence-corrected chi connectivity index (χ1v) is 14.8. The molecular weight excluding hydrogens is 462 g/mol. The van der Waals surface area contributed by atoms with Crippen molar-refractivity contribution in [2.45, 2.75) is 95.0 Å². The van der Waals surface area contributed by atoms with Gasteiger partial charge in [0, 0.05) is 30.3 Å². The molecule has 1 saturated heterocycles. The fourth-order valence-electron chi connectivity index (χ4n) is 7.80. The molecule has 0 bridgehead atoms. The van der Waals surface area contributed by atoms with Crippen molar-refractivity contribution in [3.05, 3.63) is 52.6 Å². The third-order valence-electron chi connectivity index (χ3n) is 9.51. The van der Waals surface area contributed by atoms with E-state index in [1.165, 1.54) is 54.0 Å². The molecule has 0 aromatic heterocycles. The number of allylic oxidation sites excluding steroid dienone is 4. The molecule has 1 N–H and O–H groups in total. The first-order chi connectivity index (χ1) is 17.4. The molecule has 1 heterocycles. The van der Waals surface area contributed by atoms with E-state index in [1.807, 2.05) is 18.0 Å². The van der Waals surface area contributed by atoms with Crippen LogP contribution in [0, 0.1) is 29.6 Å². The minimum absolute atomic E-state index is 0.00627. The van der Waals surface area contributed by atoms with Crippen LogP contribution in [0.2, 0.25) is 0 Å². The average molecular weight is 504 g/mol. The number of hydrogen-bond donors (Lipinski definition) is 1. The molecule has 0 amide bonds. The van der Waals surface area contributed by atoms with Gasteiger partial charge in [0.15, 0.2) is 5.78 Å². The molecule has 5 unspecified atom stereocenters. The van der Waals surface area contributed by atoms with E-state index in [4.69, 9.17) is 0 Å². The van der Waals surface area contributed by atoms with Gasteiger partial charge in [0.2, 0.25) is 0 Å². The van der Waals surface area contributed by atoms with E-state index >= 15 is 0 Å². The van der Waals surface area contributed by atoms with Crippen molar-refractivity contribution in [3.8, 4) is 12.3 Å². The Bertz CT molecular complexity index is 1070.